The van der Waals surface area contributed by atoms with E-state index in [1.165, 1.54) is 11.8 Å². The number of hydrogen-bond donors (Lipinski definition) is 1. The average Bonchev–Trinajstić information content (AvgIpc) is 2.63. The zero-order valence-electron chi connectivity index (χ0n) is 14.9. The van der Waals surface area contributed by atoms with Crippen LogP contribution in [0, 0.1) is 13.8 Å². The summed E-state index contributed by atoms with van der Waals surface area (Å²) in [4.78, 5) is 21.0. The molecule has 0 radical (unpaired) electrons. The van der Waals surface area contributed by atoms with Crippen molar-refractivity contribution >= 4 is 28.6 Å². The van der Waals surface area contributed by atoms with E-state index in [1.807, 2.05) is 62.4 Å². The van der Waals surface area contributed by atoms with E-state index in [0.29, 0.717) is 24.7 Å². The quantitative estimate of drug-likeness (QED) is 0.393. The Morgan fingerprint density at radius 1 is 1.12 bits per heavy atom. The van der Waals surface area contributed by atoms with Crippen molar-refractivity contribution in [2.75, 3.05) is 18.9 Å². The summed E-state index contributed by atoms with van der Waals surface area (Å²) in [5.74, 6) is 1.79. The van der Waals surface area contributed by atoms with Gasteiger partial charge in [0.2, 0.25) is 5.91 Å². The maximum absolute atomic E-state index is 12.1. The molecule has 0 spiro atoms. The molecule has 3 rings (SSSR count). The molecule has 1 N–H and O–H groups in total. The van der Waals surface area contributed by atoms with Crippen molar-refractivity contribution < 1.29 is 9.53 Å². The first-order valence-electron chi connectivity index (χ1n) is 8.44. The molecule has 0 unspecified atom stereocenters. The summed E-state index contributed by atoms with van der Waals surface area (Å²) in [6, 6.07) is 15.7. The third-order valence-electron chi connectivity index (χ3n) is 3.70. The van der Waals surface area contributed by atoms with Gasteiger partial charge in [0.25, 0.3) is 0 Å². The molecule has 26 heavy (non-hydrogen) atoms. The maximum Gasteiger partial charge on any atom is 0.230 e. The van der Waals surface area contributed by atoms with Crippen molar-refractivity contribution in [1.29, 1.82) is 0 Å². The Hall–Kier alpha value is -2.60. The molecule has 3 aromatic rings. The van der Waals surface area contributed by atoms with Gasteiger partial charge >= 0.3 is 0 Å². The Bertz CT molecular complexity index is 914. The fourth-order valence-corrected chi connectivity index (χ4v) is 3.41. The number of carbonyl (C=O) groups excluding carboxylic acids is 1. The highest BCUT2D eigenvalue weighted by Gasteiger charge is 2.09. The third kappa shape index (κ3) is 4.95. The Kier molecular flexibility index (Phi) is 6.07. The maximum atomic E-state index is 12.1. The lowest BCUT2D eigenvalue weighted by Crippen LogP contribution is -2.29. The van der Waals surface area contributed by atoms with Gasteiger partial charge in [0.1, 0.15) is 23.2 Å². The van der Waals surface area contributed by atoms with Crippen LogP contribution in [-0.4, -0.2) is 34.8 Å². The number of thioether (sulfide) groups is 1. The lowest BCUT2D eigenvalue weighted by atomic mass is 10.2. The number of fused-ring (bicyclic) bond motifs is 1. The van der Waals surface area contributed by atoms with Gasteiger partial charge in [-0.2, -0.15) is 0 Å². The number of rotatable bonds is 7. The highest BCUT2D eigenvalue weighted by Crippen LogP contribution is 2.24. The number of ether oxygens (including phenoxy) is 1. The lowest BCUT2D eigenvalue weighted by molar-refractivity contribution is -0.118. The molecule has 6 heteroatoms. The summed E-state index contributed by atoms with van der Waals surface area (Å²) in [5, 5.41) is 4.68. The van der Waals surface area contributed by atoms with Gasteiger partial charge in [0.05, 0.1) is 17.8 Å². The number of nitrogens with zero attached hydrogens (tertiary/aromatic N) is 2. The van der Waals surface area contributed by atoms with Gasteiger partial charge in [0.15, 0.2) is 0 Å². The van der Waals surface area contributed by atoms with E-state index in [9.17, 15) is 4.79 Å². The summed E-state index contributed by atoms with van der Waals surface area (Å²) >= 11 is 1.42. The lowest BCUT2D eigenvalue weighted by Gasteiger charge is -2.09. The molecule has 0 aliphatic rings. The largest absolute Gasteiger partial charge is 0.492 e. The van der Waals surface area contributed by atoms with Crippen LogP contribution in [0.2, 0.25) is 0 Å². The first-order chi connectivity index (χ1) is 12.6. The predicted octanol–water partition coefficient (Wildman–Crippen LogP) is 3.53. The molecule has 0 aliphatic heterocycles. The summed E-state index contributed by atoms with van der Waals surface area (Å²) in [7, 11) is 0. The molecule has 134 valence electrons. The van der Waals surface area contributed by atoms with Gasteiger partial charge < -0.3 is 10.1 Å². The number of carbonyl (C=O) groups is 1. The van der Waals surface area contributed by atoms with Gasteiger partial charge in [-0.1, -0.05) is 42.1 Å². The zero-order valence-corrected chi connectivity index (χ0v) is 15.7. The van der Waals surface area contributed by atoms with E-state index in [4.69, 9.17) is 4.74 Å². The molecule has 0 saturated carbocycles. The van der Waals surface area contributed by atoms with Gasteiger partial charge in [-0.25, -0.2) is 9.97 Å². The monoisotopic (exact) mass is 367 g/mol. The molecule has 5 nitrogen and oxygen atoms in total. The number of aryl methyl sites for hydroxylation is 2. The third-order valence-corrected chi connectivity index (χ3v) is 4.69. The Morgan fingerprint density at radius 3 is 2.81 bits per heavy atom. The second-order valence-electron chi connectivity index (χ2n) is 5.90. The summed E-state index contributed by atoms with van der Waals surface area (Å²) < 4.78 is 5.63. The van der Waals surface area contributed by atoms with Crippen molar-refractivity contribution in [2.45, 2.75) is 18.9 Å². The summed E-state index contributed by atoms with van der Waals surface area (Å²) in [6.07, 6.45) is 0. The number of nitrogens with one attached hydrogen (secondary N) is 1. The SMILES string of the molecule is Cc1cccc(OCCNC(=O)CSc2nc(C)nc3ccccc23)c1. The number of benzene rings is 2. The smallest absolute Gasteiger partial charge is 0.230 e. The first-order valence-corrected chi connectivity index (χ1v) is 9.43. The fourth-order valence-electron chi connectivity index (χ4n) is 2.52. The van der Waals surface area contributed by atoms with Crippen LogP contribution in [0.15, 0.2) is 53.6 Å². The molecule has 0 bridgehead atoms. The minimum atomic E-state index is -0.0387. The first kappa shape index (κ1) is 18.2. The Labute approximate surface area is 157 Å². The minimum absolute atomic E-state index is 0.0387. The minimum Gasteiger partial charge on any atom is -0.492 e. The topological polar surface area (TPSA) is 64.1 Å². The average molecular weight is 367 g/mol. The number of aromatic nitrogens is 2. The van der Waals surface area contributed by atoms with Crippen LogP contribution in [0.1, 0.15) is 11.4 Å². The van der Waals surface area contributed by atoms with Gasteiger partial charge in [-0.3, -0.25) is 4.79 Å². The fraction of sp³-hybridized carbons (Fsp3) is 0.250. The van der Waals surface area contributed by atoms with E-state index in [2.05, 4.69) is 15.3 Å². The normalized spacial score (nSPS) is 10.7. The summed E-state index contributed by atoms with van der Waals surface area (Å²) in [6.45, 7) is 4.79. The molecule has 0 aliphatic carbocycles. The van der Waals surface area contributed by atoms with E-state index in [-0.39, 0.29) is 5.91 Å². The Balaban J connectivity index is 1.47. The van der Waals surface area contributed by atoms with Gasteiger partial charge in [0, 0.05) is 5.39 Å². The number of para-hydroxylation sites is 1. The van der Waals surface area contributed by atoms with Crippen LogP contribution in [0.25, 0.3) is 10.9 Å². The van der Waals surface area contributed by atoms with Crippen molar-refractivity contribution in [2.24, 2.45) is 0 Å². The van der Waals surface area contributed by atoms with E-state index in [1.54, 1.807) is 0 Å². The number of amides is 1. The van der Waals surface area contributed by atoms with Crippen molar-refractivity contribution in [3.8, 4) is 5.75 Å². The van der Waals surface area contributed by atoms with Gasteiger partial charge in [-0.15, -0.1) is 0 Å². The molecule has 2 aromatic carbocycles. The second kappa shape index (κ2) is 8.67. The summed E-state index contributed by atoms with van der Waals surface area (Å²) in [5.41, 5.74) is 2.05. The molecule has 0 fully saturated rings. The van der Waals surface area contributed by atoms with Crippen LogP contribution in [0.3, 0.4) is 0 Å². The van der Waals surface area contributed by atoms with Crippen LogP contribution >= 0.6 is 11.8 Å². The van der Waals surface area contributed by atoms with E-state index < -0.39 is 0 Å². The van der Waals surface area contributed by atoms with E-state index >= 15 is 0 Å². The van der Waals surface area contributed by atoms with Crippen molar-refractivity contribution in [3.05, 3.63) is 59.9 Å². The molecule has 1 heterocycles. The van der Waals surface area contributed by atoms with Crippen molar-refractivity contribution in [3.63, 3.8) is 0 Å². The van der Waals surface area contributed by atoms with Gasteiger partial charge in [-0.05, 0) is 37.6 Å². The van der Waals surface area contributed by atoms with Crippen LogP contribution < -0.4 is 10.1 Å². The highest BCUT2D eigenvalue weighted by molar-refractivity contribution is 8.00. The van der Waals surface area contributed by atoms with E-state index in [0.717, 1.165) is 27.2 Å². The number of hydrogen-bond acceptors (Lipinski definition) is 5. The molecule has 1 amide bonds. The standard InChI is InChI=1S/C20H21N3O2S/c1-14-6-5-7-16(12-14)25-11-10-21-19(24)13-26-20-17-8-3-4-9-18(17)22-15(2)23-20/h3-9,12H,10-11,13H2,1-2H3,(H,21,24). The predicted molar refractivity (Wildman–Crippen MR) is 105 cm³/mol. The Morgan fingerprint density at radius 2 is 1.96 bits per heavy atom. The van der Waals surface area contributed by atoms with Crippen molar-refractivity contribution in [1.82, 2.24) is 15.3 Å². The zero-order chi connectivity index (χ0) is 18.4. The highest BCUT2D eigenvalue weighted by atomic mass is 32.2. The molecule has 1 aromatic heterocycles. The molecular weight excluding hydrogens is 346 g/mol. The molecular formula is C20H21N3O2S. The molecule has 0 atom stereocenters. The second-order valence-corrected chi connectivity index (χ2v) is 6.86. The van der Waals surface area contributed by atoms with Crippen LogP contribution in [0.4, 0.5) is 0 Å². The molecule has 0 saturated heterocycles. The van der Waals surface area contributed by atoms with Crippen LogP contribution in [-0.2, 0) is 4.79 Å². The van der Waals surface area contributed by atoms with Crippen LogP contribution in [0.5, 0.6) is 5.75 Å².